The molecule has 4 heteroatoms. The highest BCUT2D eigenvalue weighted by molar-refractivity contribution is 14.1. The first kappa shape index (κ1) is 13.6. The summed E-state index contributed by atoms with van der Waals surface area (Å²) in [5.41, 5.74) is 0.585. The Balaban J connectivity index is 2.19. The van der Waals surface area contributed by atoms with Crippen LogP contribution < -0.4 is 0 Å². The summed E-state index contributed by atoms with van der Waals surface area (Å²) in [5, 5.41) is 9.69. The molecule has 0 aliphatic heterocycles. The predicted molar refractivity (Wildman–Crippen MR) is 79.8 cm³/mol. The van der Waals surface area contributed by atoms with Gasteiger partial charge < -0.3 is 10.0 Å². The minimum Gasteiger partial charge on any atom is -0.507 e. The Bertz CT molecular complexity index is 441. The van der Waals surface area contributed by atoms with Crippen LogP contribution in [0.5, 0.6) is 5.75 Å². The molecular formula is C14H18INO2. The van der Waals surface area contributed by atoms with Gasteiger partial charge in [-0.15, -0.1) is 0 Å². The number of aromatic hydroxyl groups is 1. The van der Waals surface area contributed by atoms with E-state index in [0.717, 1.165) is 23.0 Å². The standard InChI is InChI=1S/C14H18INO2/c1-2-16(11-5-3-4-6-11)14(18)10-7-8-12(15)13(17)9-10/h7-9,11,17H,2-6H2,1H3. The number of hydrogen-bond acceptors (Lipinski definition) is 2. The van der Waals surface area contributed by atoms with Crippen LogP contribution in [0.25, 0.3) is 0 Å². The molecule has 1 amide bonds. The zero-order chi connectivity index (χ0) is 13.1. The summed E-state index contributed by atoms with van der Waals surface area (Å²) in [7, 11) is 0. The fourth-order valence-electron chi connectivity index (χ4n) is 2.60. The van der Waals surface area contributed by atoms with Gasteiger partial charge in [0.15, 0.2) is 0 Å². The van der Waals surface area contributed by atoms with E-state index in [1.165, 1.54) is 12.8 Å². The van der Waals surface area contributed by atoms with Crippen molar-refractivity contribution in [2.75, 3.05) is 6.54 Å². The Morgan fingerprint density at radius 3 is 2.67 bits per heavy atom. The van der Waals surface area contributed by atoms with Crippen LogP contribution in [-0.4, -0.2) is 28.5 Å². The normalized spacial score (nSPS) is 15.9. The largest absolute Gasteiger partial charge is 0.507 e. The van der Waals surface area contributed by atoms with Crippen LogP contribution in [0.1, 0.15) is 43.0 Å². The minimum absolute atomic E-state index is 0.0381. The monoisotopic (exact) mass is 359 g/mol. The van der Waals surface area contributed by atoms with Crippen molar-refractivity contribution in [1.29, 1.82) is 0 Å². The summed E-state index contributed by atoms with van der Waals surface area (Å²) in [6.45, 7) is 2.75. The van der Waals surface area contributed by atoms with Crippen molar-refractivity contribution >= 4 is 28.5 Å². The molecule has 0 heterocycles. The number of rotatable bonds is 3. The SMILES string of the molecule is CCN(C(=O)c1ccc(I)c(O)c1)C1CCCC1. The summed E-state index contributed by atoms with van der Waals surface area (Å²) >= 11 is 2.05. The highest BCUT2D eigenvalue weighted by atomic mass is 127. The molecule has 0 spiro atoms. The third-order valence-corrected chi connectivity index (χ3v) is 4.47. The van der Waals surface area contributed by atoms with Crippen LogP contribution in [0.2, 0.25) is 0 Å². The molecule has 0 radical (unpaired) electrons. The molecule has 1 N–H and O–H groups in total. The maximum Gasteiger partial charge on any atom is 0.254 e. The predicted octanol–water partition coefficient (Wildman–Crippen LogP) is 3.40. The number of carbonyl (C=O) groups is 1. The molecular weight excluding hydrogens is 341 g/mol. The second-order valence-electron chi connectivity index (χ2n) is 4.70. The number of carbonyl (C=O) groups excluding carboxylic acids is 1. The van der Waals surface area contributed by atoms with Gasteiger partial charge in [0.25, 0.3) is 5.91 Å². The van der Waals surface area contributed by atoms with Crippen molar-refractivity contribution in [3.05, 3.63) is 27.3 Å². The maximum absolute atomic E-state index is 12.4. The molecule has 18 heavy (non-hydrogen) atoms. The van der Waals surface area contributed by atoms with E-state index in [9.17, 15) is 9.90 Å². The van der Waals surface area contributed by atoms with E-state index in [2.05, 4.69) is 22.6 Å². The lowest BCUT2D eigenvalue weighted by molar-refractivity contribution is 0.0693. The first-order valence-corrected chi connectivity index (χ1v) is 7.51. The van der Waals surface area contributed by atoms with Crippen molar-refractivity contribution in [3.8, 4) is 5.75 Å². The molecule has 0 atom stereocenters. The molecule has 1 aliphatic carbocycles. The fraction of sp³-hybridized carbons (Fsp3) is 0.500. The van der Waals surface area contributed by atoms with Gasteiger partial charge >= 0.3 is 0 Å². The molecule has 1 saturated carbocycles. The molecule has 1 fully saturated rings. The van der Waals surface area contributed by atoms with Gasteiger partial charge in [0.1, 0.15) is 5.75 Å². The van der Waals surface area contributed by atoms with E-state index in [4.69, 9.17) is 0 Å². The molecule has 1 aromatic carbocycles. The Labute approximate surface area is 121 Å². The molecule has 0 bridgehead atoms. The summed E-state index contributed by atoms with van der Waals surface area (Å²) in [6, 6.07) is 5.53. The zero-order valence-corrected chi connectivity index (χ0v) is 12.7. The lowest BCUT2D eigenvalue weighted by atomic mass is 10.1. The molecule has 98 valence electrons. The summed E-state index contributed by atoms with van der Waals surface area (Å²) in [5.74, 6) is 0.222. The first-order chi connectivity index (χ1) is 8.63. The van der Waals surface area contributed by atoms with Crippen molar-refractivity contribution in [3.63, 3.8) is 0 Å². The number of phenols is 1. The molecule has 0 aromatic heterocycles. The van der Waals surface area contributed by atoms with E-state index in [0.29, 0.717) is 11.6 Å². The summed E-state index contributed by atoms with van der Waals surface area (Å²) in [4.78, 5) is 14.4. The van der Waals surface area contributed by atoms with Gasteiger partial charge in [-0.05, 0) is 60.6 Å². The number of benzene rings is 1. The highest BCUT2D eigenvalue weighted by Crippen LogP contribution is 2.26. The van der Waals surface area contributed by atoms with Crippen molar-refractivity contribution < 1.29 is 9.90 Å². The van der Waals surface area contributed by atoms with Crippen molar-refractivity contribution in [2.45, 2.75) is 38.6 Å². The molecule has 0 unspecified atom stereocenters. The lowest BCUT2D eigenvalue weighted by Gasteiger charge is -2.27. The number of halogens is 1. The zero-order valence-electron chi connectivity index (χ0n) is 10.5. The van der Waals surface area contributed by atoms with Gasteiger partial charge in [-0.2, -0.15) is 0 Å². The third kappa shape index (κ3) is 2.79. The van der Waals surface area contributed by atoms with E-state index in [1.807, 2.05) is 11.8 Å². The quantitative estimate of drug-likeness (QED) is 0.841. The Morgan fingerprint density at radius 2 is 2.11 bits per heavy atom. The van der Waals surface area contributed by atoms with Gasteiger partial charge in [0, 0.05) is 18.2 Å². The van der Waals surface area contributed by atoms with Crippen LogP contribution in [0.15, 0.2) is 18.2 Å². The Morgan fingerprint density at radius 1 is 1.44 bits per heavy atom. The van der Waals surface area contributed by atoms with Gasteiger partial charge in [0.2, 0.25) is 0 Å². The number of hydrogen-bond donors (Lipinski definition) is 1. The van der Waals surface area contributed by atoms with Crippen LogP contribution in [-0.2, 0) is 0 Å². The average molecular weight is 359 g/mol. The minimum atomic E-state index is 0.0381. The first-order valence-electron chi connectivity index (χ1n) is 6.43. The van der Waals surface area contributed by atoms with Crippen LogP contribution in [0.3, 0.4) is 0 Å². The smallest absolute Gasteiger partial charge is 0.254 e. The second kappa shape index (κ2) is 5.91. The van der Waals surface area contributed by atoms with Crippen LogP contribution in [0.4, 0.5) is 0 Å². The molecule has 1 aliphatic rings. The Hall–Kier alpha value is -0.780. The van der Waals surface area contributed by atoms with Gasteiger partial charge in [-0.25, -0.2) is 0 Å². The molecule has 2 rings (SSSR count). The average Bonchev–Trinajstić information content (AvgIpc) is 2.87. The van der Waals surface area contributed by atoms with Gasteiger partial charge in [0.05, 0.1) is 3.57 Å². The summed E-state index contributed by atoms with van der Waals surface area (Å²) < 4.78 is 0.771. The highest BCUT2D eigenvalue weighted by Gasteiger charge is 2.26. The summed E-state index contributed by atoms with van der Waals surface area (Å²) in [6.07, 6.45) is 4.64. The molecule has 3 nitrogen and oxygen atoms in total. The van der Waals surface area contributed by atoms with Crippen LogP contribution in [0, 0.1) is 3.57 Å². The Kier molecular flexibility index (Phi) is 4.48. The van der Waals surface area contributed by atoms with Crippen molar-refractivity contribution in [1.82, 2.24) is 4.90 Å². The van der Waals surface area contributed by atoms with Crippen LogP contribution >= 0.6 is 22.6 Å². The fourth-order valence-corrected chi connectivity index (χ4v) is 2.93. The number of phenolic OH excluding ortho intramolecular Hbond substituents is 1. The topological polar surface area (TPSA) is 40.5 Å². The van der Waals surface area contributed by atoms with E-state index >= 15 is 0 Å². The second-order valence-corrected chi connectivity index (χ2v) is 5.86. The van der Waals surface area contributed by atoms with Gasteiger partial charge in [-0.3, -0.25) is 4.79 Å². The van der Waals surface area contributed by atoms with Crippen molar-refractivity contribution in [2.24, 2.45) is 0 Å². The molecule has 1 aromatic rings. The maximum atomic E-state index is 12.4. The third-order valence-electron chi connectivity index (χ3n) is 3.56. The molecule has 0 saturated heterocycles. The van der Waals surface area contributed by atoms with Gasteiger partial charge in [-0.1, -0.05) is 12.8 Å². The van der Waals surface area contributed by atoms with E-state index in [1.54, 1.807) is 18.2 Å². The lowest BCUT2D eigenvalue weighted by Crippen LogP contribution is -2.38. The van der Waals surface area contributed by atoms with E-state index in [-0.39, 0.29) is 11.7 Å². The number of amides is 1. The van der Waals surface area contributed by atoms with E-state index < -0.39 is 0 Å². The number of nitrogens with zero attached hydrogens (tertiary/aromatic N) is 1.